The van der Waals surface area contributed by atoms with Gasteiger partial charge in [0.15, 0.2) is 11.5 Å². The van der Waals surface area contributed by atoms with Crippen molar-refractivity contribution in [2.75, 3.05) is 11.1 Å². The number of halogens is 2. The van der Waals surface area contributed by atoms with Crippen molar-refractivity contribution in [2.24, 2.45) is 0 Å². The second-order valence-corrected chi connectivity index (χ2v) is 4.49. The van der Waals surface area contributed by atoms with E-state index in [2.05, 4.69) is 5.32 Å². The van der Waals surface area contributed by atoms with E-state index in [0.717, 1.165) is 12.1 Å². The fourth-order valence-electron chi connectivity index (χ4n) is 1.64. The van der Waals surface area contributed by atoms with Crippen molar-refractivity contribution in [1.29, 1.82) is 0 Å². The quantitative estimate of drug-likeness (QED) is 0.516. The van der Waals surface area contributed by atoms with Gasteiger partial charge in [-0.25, -0.2) is 4.39 Å². The van der Waals surface area contributed by atoms with Crippen molar-refractivity contribution >= 4 is 34.6 Å². The Bertz CT molecular complexity index is 737. The summed E-state index contributed by atoms with van der Waals surface area (Å²) in [5, 5.41) is 13.2. The average molecular weight is 310 g/mol. The van der Waals surface area contributed by atoms with Crippen molar-refractivity contribution in [3.8, 4) is 0 Å². The number of hydrogen-bond donors (Lipinski definition) is 2. The molecular weight excluding hydrogens is 301 g/mol. The second-order valence-electron chi connectivity index (χ2n) is 4.08. The predicted octanol–water partition coefficient (Wildman–Crippen LogP) is 3.22. The highest BCUT2D eigenvalue weighted by Crippen LogP contribution is 2.28. The zero-order valence-corrected chi connectivity index (χ0v) is 11.2. The smallest absolute Gasteiger partial charge is 0.295 e. The van der Waals surface area contributed by atoms with Crippen LogP contribution in [0.15, 0.2) is 36.4 Å². The van der Waals surface area contributed by atoms with Gasteiger partial charge in [0.05, 0.1) is 15.6 Å². The number of carbonyl (C=O) groups excluding carboxylic acids is 1. The van der Waals surface area contributed by atoms with Gasteiger partial charge in [0, 0.05) is 11.6 Å². The number of nitrogens with zero attached hydrogens (tertiary/aromatic N) is 1. The molecule has 2 rings (SSSR count). The van der Waals surface area contributed by atoms with Gasteiger partial charge in [-0.1, -0.05) is 17.7 Å². The number of amides is 1. The zero-order chi connectivity index (χ0) is 15.6. The molecule has 0 atom stereocenters. The summed E-state index contributed by atoms with van der Waals surface area (Å²) >= 11 is 5.79. The first-order valence-electron chi connectivity index (χ1n) is 5.69. The van der Waals surface area contributed by atoms with E-state index >= 15 is 0 Å². The summed E-state index contributed by atoms with van der Waals surface area (Å²) in [5.41, 5.74) is 4.87. The molecule has 0 radical (unpaired) electrons. The normalized spacial score (nSPS) is 10.2. The number of nitrogens with one attached hydrogen (secondary N) is 1. The summed E-state index contributed by atoms with van der Waals surface area (Å²) in [6.07, 6.45) is 0. The number of anilines is 2. The van der Waals surface area contributed by atoms with Gasteiger partial charge >= 0.3 is 0 Å². The molecule has 0 spiro atoms. The van der Waals surface area contributed by atoms with E-state index in [-0.39, 0.29) is 16.3 Å². The molecule has 0 saturated carbocycles. The van der Waals surface area contributed by atoms with Crippen LogP contribution in [0.1, 0.15) is 10.4 Å². The molecule has 2 aromatic rings. The van der Waals surface area contributed by atoms with Crippen LogP contribution in [0.5, 0.6) is 0 Å². The van der Waals surface area contributed by atoms with Crippen molar-refractivity contribution in [2.45, 2.75) is 0 Å². The van der Waals surface area contributed by atoms with E-state index in [0.29, 0.717) is 0 Å². The number of rotatable bonds is 3. The molecule has 0 aliphatic heterocycles. The van der Waals surface area contributed by atoms with E-state index in [1.54, 1.807) is 0 Å². The van der Waals surface area contributed by atoms with Crippen LogP contribution >= 0.6 is 11.6 Å². The first kappa shape index (κ1) is 14.7. The first-order chi connectivity index (χ1) is 9.90. The van der Waals surface area contributed by atoms with Crippen LogP contribution in [-0.2, 0) is 0 Å². The van der Waals surface area contributed by atoms with Gasteiger partial charge in [-0.15, -0.1) is 0 Å². The lowest BCUT2D eigenvalue weighted by atomic mass is 10.2. The van der Waals surface area contributed by atoms with Crippen LogP contribution < -0.4 is 11.1 Å². The number of para-hydroxylation sites is 1. The SMILES string of the molecule is Nc1ccc(C(=O)Nc2c(F)cccc2[N+](=O)[O-])cc1Cl. The molecule has 21 heavy (non-hydrogen) atoms. The maximum absolute atomic E-state index is 13.7. The fraction of sp³-hybridized carbons (Fsp3) is 0. The van der Waals surface area contributed by atoms with Crippen LogP contribution in [-0.4, -0.2) is 10.8 Å². The topological polar surface area (TPSA) is 98.3 Å². The molecule has 0 aliphatic rings. The lowest BCUT2D eigenvalue weighted by molar-refractivity contribution is -0.384. The van der Waals surface area contributed by atoms with Crippen molar-refractivity contribution in [1.82, 2.24) is 0 Å². The number of nitrogen functional groups attached to an aromatic ring is 1. The molecular formula is C13H9ClFN3O3. The molecule has 2 aromatic carbocycles. The Morgan fingerprint density at radius 2 is 2.05 bits per heavy atom. The van der Waals surface area contributed by atoms with E-state index < -0.39 is 28.0 Å². The molecule has 0 heterocycles. The van der Waals surface area contributed by atoms with Gasteiger partial charge in [-0.2, -0.15) is 0 Å². The van der Waals surface area contributed by atoms with Gasteiger partial charge in [-0.3, -0.25) is 14.9 Å². The first-order valence-corrected chi connectivity index (χ1v) is 6.07. The van der Waals surface area contributed by atoms with Gasteiger partial charge in [-0.05, 0) is 24.3 Å². The third-order valence-electron chi connectivity index (χ3n) is 2.69. The maximum Gasteiger partial charge on any atom is 0.295 e. The molecule has 0 bridgehead atoms. The van der Waals surface area contributed by atoms with Gasteiger partial charge < -0.3 is 11.1 Å². The van der Waals surface area contributed by atoms with Gasteiger partial charge in [0.2, 0.25) is 0 Å². The number of hydrogen-bond acceptors (Lipinski definition) is 4. The van der Waals surface area contributed by atoms with Gasteiger partial charge in [0.1, 0.15) is 0 Å². The Labute approximate surface area is 123 Å². The number of carbonyl (C=O) groups is 1. The van der Waals surface area contributed by atoms with Crippen LogP contribution in [0.25, 0.3) is 0 Å². The molecule has 1 amide bonds. The molecule has 0 unspecified atom stereocenters. The monoisotopic (exact) mass is 309 g/mol. The molecule has 8 heteroatoms. The number of nitro groups is 1. The summed E-state index contributed by atoms with van der Waals surface area (Å²) < 4.78 is 13.7. The summed E-state index contributed by atoms with van der Waals surface area (Å²) in [4.78, 5) is 22.1. The third kappa shape index (κ3) is 3.09. The maximum atomic E-state index is 13.7. The highest BCUT2D eigenvalue weighted by Gasteiger charge is 2.20. The van der Waals surface area contributed by atoms with E-state index in [1.165, 1.54) is 24.3 Å². The minimum Gasteiger partial charge on any atom is -0.398 e. The zero-order valence-electron chi connectivity index (χ0n) is 10.5. The van der Waals surface area contributed by atoms with Crippen LogP contribution in [0.4, 0.5) is 21.5 Å². The lowest BCUT2D eigenvalue weighted by Crippen LogP contribution is -2.14. The molecule has 3 N–H and O–H groups in total. The number of nitrogens with two attached hydrogens (primary N) is 1. The van der Waals surface area contributed by atoms with E-state index in [1.807, 2.05) is 0 Å². The van der Waals surface area contributed by atoms with Gasteiger partial charge in [0.25, 0.3) is 11.6 Å². The Morgan fingerprint density at radius 1 is 1.33 bits per heavy atom. The Kier molecular flexibility index (Phi) is 4.04. The van der Waals surface area contributed by atoms with Crippen molar-refractivity contribution < 1.29 is 14.1 Å². The average Bonchev–Trinajstić information content (AvgIpc) is 2.43. The second kappa shape index (κ2) is 5.76. The summed E-state index contributed by atoms with van der Waals surface area (Å²) in [6.45, 7) is 0. The fourth-order valence-corrected chi connectivity index (χ4v) is 1.82. The number of nitro benzene ring substituents is 1. The largest absolute Gasteiger partial charge is 0.398 e. The standard InChI is InChI=1S/C13H9ClFN3O3/c14-8-6-7(4-5-10(8)16)13(19)17-12-9(15)2-1-3-11(12)18(20)21/h1-6H,16H2,(H,17,19). The molecule has 0 saturated heterocycles. The minimum atomic E-state index is -0.904. The minimum absolute atomic E-state index is 0.103. The summed E-state index contributed by atoms with van der Waals surface area (Å²) in [5.74, 6) is -1.64. The van der Waals surface area contributed by atoms with Crippen LogP contribution in [0.3, 0.4) is 0 Å². The Hall–Kier alpha value is -2.67. The molecule has 108 valence electrons. The highest BCUT2D eigenvalue weighted by atomic mass is 35.5. The summed E-state index contributed by atoms with van der Waals surface area (Å²) in [6, 6.07) is 7.37. The lowest BCUT2D eigenvalue weighted by Gasteiger charge is -2.08. The molecule has 6 nitrogen and oxygen atoms in total. The molecule has 0 fully saturated rings. The van der Waals surface area contributed by atoms with Crippen molar-refractivity contribution in [3.63, 3.8) is 0 Å². The molecule has 0 aliphatic carbocycles. The van der Waals surface area contributed by atoms with E-state index in [9.17, 15) is 19.3 Å². The predicted molar refractivity (Wildman–Crippen MR) is 76.9 cm³/mol. The van der Waals surface area contributed by atoms with Crippen molar-refractivity contribution in [3.05, 3.63) is 62.9 Å². The Morgan fingerprint density at radius 3 is 2.67 bits per heavy atom. The third-order valence-corrected chi connectivity index (χ3v) is 3.02. The van der Waals surface area contributed by atoms with E-state index in [4.69, 9.17) is 17.3 Å². The number of benzene rings is 2. The molecule has 0 aromatic heterocycles. The Balaban J connectivity index is 2.36. The summed E-state index contributed by atoms with van der Waals surface area (Å²) in [7, 11) is 0. The van der Waals surface area contributed by atoms with Crippen LogP contribution in [0.2, 0.25) is 5.02 Å². The highest BCUT2D eigenvalue weighted by molar-refractivity contribution is 6.33. The van der Waals surface area contributed by atoms with Crippen LogP contribution in [0, 0.1) is 15.9 Å².